The molecule has 122 valence electrons. The number of halogens is 1. The number of imide groups is 1. The number of esters is 1. The average molecular weight is 327 g/mol. The predicted octanol–water partition coefficient (Wildman–Crippen LogP) is 2.21. The number of nitrogens with zero attached hydrogens (tertiary/aromatic N) is 1. The SMILES string of the molecule is O=C(Cc1ccc(F)cc1)OCCN1C(=O)c2ccccc2C1=O. The van der Waals surface area contributed by atoms with E-state index in [1.54, 1.807) is 24.3 Å². The van der Waals surface area contributed by atoms with Crippen molar-refractivity contribution in [3.05, 3.63) is 71.0 Å². The van der Waals surface area contributed by atoms with Gasteiger partial charge in [0.15, 0.2) is 0 Å². The normalized spacial score (nSPS) is 13.1. The molecule has 6 heteroatoms. The van der Waals surface area contributed by atoms with Gasteiger partial charge in [-0.3, -0.25) is 19.3 Å². The van der Waals surface area contributed by atoms with Crippen LogP contribution in [0.15, 0.2) is 48.5 Å². The lowest BCUT2D eigenvalue weighted by Crippen LogP contribution is -2.33. The summed E-state index contributed by atoms with van der Waals surface area (Å²) in [5.74, 6) is -1.65. The van der Waals surface area contributed by atoms with E-state index in [9.17, 15) is 18.8 Å². The molecule has 0 aromatic heterocycles. The van der Waals surface area contributed by atoms with Crippen LogP contribution in [0.5, 0.6) is 0 Å². The van der Waals surface area contributed by atoms with Crippen molar-refractivity contribution >= 4 is 17.8 Å². The quantitative estimate of drug-likeness (QED) is 0.624. The zero-order chi connectivity index (χ0) is 17.1. The number of carbonyl (C=O) groups excluding carboxylic acids is 3. The Morgan fingerprint density at radius 2 is 1.54 bits per heavy atom. The molecule has 0 saturated carbocycles. The van der Waals surface area contributed by atoms with Gasteiger partial charge < -0.3 is 4.74 Å². The van der Waals surface area contributed by atoms with Crippen LogP contribution in [0.1, 0.15) is 26.3 Å². The maximum Gasteiger partial charge on any atom is 0.310 e. The van der Waals surface area contributed by atoms with Crippen molar-refractivity contribution in [1.82, 2.24) is 4.90 Å². The molecule has 0 spiro atoms. The minimum absolute atomic E-state index is 0.00149. The Balaban J connectivity index is 1.52. The summed E-state index contributed by atoms with van der Waals surface area (Å²) in [4.78, 5) is 37.1. The molecule has 0 bridgehead atoms. The monoisotopic (exact) mass is 327 g/mol. The summed E-state index contributed by atoms with van der Waals surface area (Å²) < 4.78 is 17.9. The molecule has 0 atom stereocenters. The summed E-state index contributed by atoms with van der Waals surface area (Å²) in [7, 11) is 0. The molecule has 0 aliphatic carbocycles. The van der Waals surface area contributed by atoms with Crippen LogP contribution in [0.3, 0.4) is 0 Å². The highest BCUT2D eigenvalue weighted by atomic mass is 19.1. The fraction of sp³-hybridized carbons (Fsp3) is 0.167. The zero-order valence-corrected chi connectivity index (χ0v) is 12.7. The predicted molar refractivity (Wildman–Crippen MR) is 82.9 cm³/mol. The Kier molecular flexibility index (Phi) is 4.37. The number of rotatable bonds is 5. The highest BCUT2D eigenvalue weighted by molar-refractivity contribution is 6.21. The first-order valence-corrected chi connectivity index (χ1v) is 7.41. The third kappa shape index (κ3) is 3.17. The lowest BCUT2D eigenvalue weighted by atomic mass is 10.1. The Morgan fingerprint density at radius 1 is 0.958 bits per heavy atom. The van der Waals surface area contributed by atoms with E-state index < -0.39 is 5.97 Å². The van der Waals surface area contributed by atoms with Gasteiger partial charge in [0.1, 0.15) is 12.4 Å². The number of hydrogen-bond acceptors (Lipinski definition) is 4. The Morgan fingerprint density at radius 3 is 2.12 bits per heavy atom. The van der Waals surface area contributed by atoms with Crippen LogP contribution in [-0.4, -0.2) is 35.8 Å². The van der Waals surface area contributed by atoms with Crippen molar-refractivity contribution in [2.75, 3.05) is 13.2 Å². The number of benzene rings is 2. The third-order valence-electron chi connectivity index (χ3n) is 3.72. The minimum atomic E-state index is -0.502. The van der Waals surface area contributed by atoms with Gasteiger partial charge >= 0.3 is 5.97 Å². The second-order valence-corrected chi connectivity index (χ2v) is 5.33. The van der Waals surface area contributed by atoms with Crippen molar-refractivity contribution < 1.29 is 23.5 Å². The highest BCUT2D eigenvalue weighted by Gasteiger charge is 2.34. The number of amides is 2. The van der Waals surface area contributed by atoms with Crippen LogP contribution in [0.2, 0.25) is 0 Å². The molecule has 2 amide bonds. The molecule has 0 saturated heterocycles. The van der Waals surface area contributed by atoms with E-state index in [4.69, 9.17) is 4.74 Å². The number of hydrogen-bond donors (Lipinski definition) is 0. The molecule has 2 aromatic rings. The van der Waals surface area contributed by atoms with E-state index in [0.717, 1.165) is 4.90 Å². The second-order valence-electron chi connectivity index (χ2n) is 5.33. The maximum atomic E-state index is 12.8. The maximum absolute atomic E-state index is 12.8. The van der Waals surface area contributed by atoms with Gasteiger partial charge in [0.05, 0.1) is 24.1 Å². The lowest BCUT2D eigenvalue weighted by Gasteiger charge is -2.13. The van der Waals surface area contributed by atoms with Gasteiger partial charge in [-0.15, -0.1) is 0 Å². The third-order valence-corrected chi connectivity index (χ3v) is 3.72. The van der Waals surface area contributed by atoms with Gasteiger partial charge in [0, 0.05) is 0 Å². The van der Waals surface area contributed by atoms with Gasteiger partial charge in [-0.25, -0.2) is 4.39 Å². The van der Waals surface area contributed by atoms with Gasteiger partial charge in [-0.2, -0.15) is 0 Å². The summed E-state index contributed by atoms with van der Waals surface area (Å²) in [5.41, 5.74) is 1.35. The summed E-state index contributed by atoms with van der Waals surface area (Å²) >= 11 is 0. The van der Waals surface area contributed by atoms with Crippen LogP contribution in [0.25, 0.3) is 0 Å². The number of fused-ring (bicyclic) bond motifs is 1. The lowest BCUT2D eigenvalue weighted by molar-refractivity contribution is -0.143. The molecule has 24 heavy (non-hydrogen) atoms. The highest BCUT2D eigenvalue weighted by Crippen LogP contribution is 2.21. The molecule has 0 fully saturated rings. The summed E-state index contributed by atoms with van der Waals surface area (Å²) in [6.45, 7) is -0.0764. The van der Waals surface area contributed by atoms with Crippen LogP contribution < -0.4 is 0 Å². The van der Waals surface area contributed by atoms with Crippen LogP contribution in [0.4, 0.5) is 4.39 Å². The van der Waals surface area contributed by atoms with Crippen molar-refractivity contribution in [1.29, 1.82) is 0 Å². The second kappa shape index (κ2) is 6.62. The molecule has 0 N–H and O–H groups in total. The van der Waals surface area contributed by atoms with Crippen molar-refractivity contribution in [2.24, 2.45) is 0 Å². The molecule has 0 unspecified atom stereocenters. The molecular weight excluding hydrogens is 313 g/mol. The van der Waals surface area contributed by atoms with E-state index in [-0.39, 0.29) is 37.2 Å². The molecule has 1 aliphatic rings. The first-order chi connectivity index (χ1) is 11.6. The Labute approximate surface area is 137 Å². The standard InChI is InChI=1S/C18H14FNO4/c19-13-7-5-12(6-8-13)11-16(21)24-10-9-20-17(22)14-3-1-2-4-15(14)18(20)23/h1-8H,9-11H2. The first kappa shape index (κ1) is 15.9. The van der Waals surface area contributed by atoms with Crippen molar-refractivity contribution in [2.45, 2.75) is 6.42 Å². The number of ether oxygens (including phenoxy) is 1. The summed E-state index contributed by atoms with van der Waals surface area (Å²) in [6.07, 6.45) is 0.00238. The van der Waals surface area contributed by atoms with E-state index >= 15 is 0 Å². The van der Waals surface area contributed by atoms with Crippen molar-refractivity contribution in [3.63, 3.8) is 0 Å². The van der Waals surface area contributed by atoms with Crippen LogP contribution >= 0.6 is 0 Å². The van der Waals surface area contributed by atoms with Gasteiger partial charge in [-0.1, -0.05) is 24.3 Å². The van der Waals surface area contributed by atoms with Gasteiger partial charge in [0.2, 0.25) is 0 Å². The largest absolute Gasteiger partial charge is 0.464 e. The van der Waals surface area contributed by atoms with Crippen LogP contribution in [0, 0.1) is 5.82 Å². The van der Waals surface area contributed by atoms with E-state index in [2.05, 4.69) is 0 Å². The Hall–Kier alpha value is -3.02. The minimum Gasteiger partial charge on any atom is -0.464 e. The zero-order valence-electron chi connectivity index (χ0n) is 12.7. The van der Waals surface area contributed by atoms with Gasteiger partial charge in [0.25, 0.3) is 11.8 Å². The molecule has 5 nitrogen and oxygen atoms in total. The summed E-state index contributed by atoms with van der Waals surface area (Å²) in [5, 5.41) is 0. The van der Waals surface area contributed by atoms with E-state index in [0.29, 0.717) is 16.7 Å². The van der Waals surface area contributed by atoms with E-state index in [1.807, 2.05) is 0 Å². The molecule has 1 aliphatic heterocycles. The van der Waals surface area contributed by atoms with Gasteiger partial charge in [-0.05, 0) is 29.8 Å². The molecular formula is C18H14FNO4. The topological polar surface area (TPSA) is 63.7 Å². The molecule has 2 aromatic carbocycles. The molecule has 3 rings (SSSR count). The van der Waals surface area contributed by atoms with E-state index in [1.165, 1.54) is 24.3 Å². The molecule has 1 heterocycles. The summed E-state index contributed by atoms with van der Waals surface area (Å²) in [6, 6.07) is 12.1. The number of carbonyl (C=O) groups is 3. The fourth-order valence-electron chi connectivity index (χ4n) is 2.51. The fourth-order valence-corrected chi connectivity index (χ4v) is 2.51. The first-order valence-electron chi connectivity index (χ1n) is 7.41. The van der Waals surface area contributed by atoms with Crippen LogP contribution in [-0.2, 0) is 16.0 Å². The van der Waals surface area contributed by atoms with Crippen molar-refractivity contribution in [3.8, 4) is 0 Å². The molecule has 0 radical (unpaired) electrons. The Bertz CT molecular complexity index is 766. The average Bonchev–Trinajstić information content (AvgIpc) is 2.82. The smallest absolute Gasteiger partial charge is 0.310 e.